The summed E-state index contributed by atoms with van der Waals surface area (Å²) in [6, 6.07) is 17.3. The van der Waals surface area contributed by atoms with E-state index in [9.17, 15) is 4.79 Å². The molecule has 0 radical (unpaired) electrons. The van der Waals surface area contributed by atoms with Crippen molar-refractivity contribution in [3.63, 3.8) is 0 Å². The Balaban J connectivity index is 2.19. The molecule has 1 N–H and O–H groups in total. The molecule has 0 saturated heterocycles. The van der Waals surface area contributed by atoms with Crippen molar-refractivity contribution < 1.29 is 4.79 Å². The molecule has 2 aromatic carbocycles. The molecule has 0 aliphatic rings. The number of benzene rings is 2. The Morgan fingerprint density at radius 3 is 2.39 bits per heavy atom. The van der Waals surface area contributed by atoms with Crippen molar-refractivity contribution in [2.45, 2.75) is 19.8 Å². The van der Waals surface area contributed by atoms with Gasteiger partial charge in [-0.1, -0.05) is 49.7 Å². The summed E-state index contributed by atoms with van der Waals surface area (Å²) in [7, 11) is 0. The minimum atomic E-state index is -0.0368. The molecule has 0 aromatic heterocycles. The van der Waals surface area contributed by atoms with Crippen molar-refractivity contribution in [1.29, 1.82) is 0 Å². The van der Waals surface area contributed by atoms with Crippen LogP contribution in [0.2, 0.25) is 0 Å². The highest BCUT2D eigenvalue weighted by Crippen LogP contribution is 2.14. The molecule has 0 aliphatic heterocycles. The molecule has 0 saturated carbocycles. The summed E-state index contributed by atoms with van der Waals surface area (Å²) in [4.78, 5) is 12.2. The van der Waals surface area contributed by atoms with Crippen LogP contribution in [0.1, 0.15) is 29.3 Å². The Bertz CT molecular complexity index is 520. The standard InChI is InChI=1S/C16H17NO/c1-2-8-13-9-6-7-12-15(13)16(18)17-14-10-4-3-5-11-14/h3-7,9-12H,2,8H2,1H3,(H,17,18). The van der Waals surface area contributed by atoms with Crippen LogP contribution in [0.3, 0.4) is 0 Å². The van der Waals surface area contributed by atoms with Crippen LogP contribution in [0.4, 0.5) is 5.69 Å². The maximum atomic E-state index is 12.2. The van der Waals surface area contributed by atoms with Gasteiger partial charge >= 0.3 is 0 Å². The molecule has 2 nitrogen and oxygen atoms in total. The maximum Gasteiger partial charge on any atom is 0.255 e. The molecule has 2 rings (SSSR count). The van der Waals surface area contributed by atoms with Gasteiger partial charge in [0.15, 0.2) is 0 Å². The van der Waals surface area contributed by atoms with Crippen LogP contribution in [0.25, 0.3) is 0 Å². The number of amides is 1. The zero-order valence-electron chi connectivity index (χ0n) is 10.5. The molecular formula is C16H17NO. The predicted octanol–water partition coefficient (Wildman–Crippen LogP) is 3.89. The van der Waals surface area contributed by atoms with E-state index in [0.29, 0.717) is 0 Å². The second-order valence-electron chi connectivity index (χ2n) is 4.23. The van der Waals surface area contributed by atoms with Gasteiger partial charge in [-0.05, 0) is 30.2 Å². The van der Waals surface area contributed by atoms with Crippen LogP contribution in [0.5, 0.6) is 0 Å². The van der Waals surface area contributed by atoms with Crippen LogP contribution in [0.15, 0.2) is 54.6 Å². The maximum absolute atomic E-state index is 12.2. The quantitative estimate of drug-likeness (QED) is 0.861. The van der Waals surface area contributed by atoms with Crippen LogP contribution in [-0.2, 0) is 6.42 Å². The van der Waals surface area contributed by atoms with Crippen LogP contribution >= 0.6 is 0 Å². The number of hydrogen-bond acceptors (Lipinski definition) is 1. The SMILES string of the molecule is CCCc1ccccc1C(=O)Nc1ccccc1. The van der Waals surface area contributed by atoms with E-state index in [4.69, 9.17) is 0 Å². The normalized spacial score (nSPS) is 10.1. The van der Waals surface area contributed by atoms with Crippen molar-refractivity contribution in [1.82, 2.24) is 0 Å². The average Bonchev–Trinajstić information content (AvgIpc) is 2.41. The Kier molecular flexibility index (Phi) is 4.13. The molecule has 0 fully saturated rings. The Labute approximate surface area is 108 Å². The molecule has 92 valence electrons. The molecular weight excluding hydrogens is 222 g/mol. The molecule has 0 atom stereocenters. The van der Waals surface area contributed by atoms with Crippen LogP contribution < -0.4 is 5.32 Å². The van der Waals surface area contributed by atoms with E-state index in [1.807, 2.05) is 54.6 Å². The highest BCUT2D eigenvalue weighted by Gasteiger charge is 2.09. The molecule has 0 aliphatic carbocycles. The number of carbonyl (C=O) groups excluding carboxylic acids is 1. The van der Waals surface area contributed by atoms with E-state index in [0.717, 1.165) is 29.7 Å². The fourth-order valence-corrected chi connectivity index (χ4v) is 1.95. The average molecular weight is 239 g/mol. The fraction of sp³-hybridized carbons (Fsp3) is 0.188. The summed E-state index contributed by atoms with van der Waals surface area (Å²) in [5.74, 6) is -0.0368. The number of anilines is 1. The molecule has 0 heterocycles. The second-order valence-corrected chi connectivity index (χ2v) is 4.23. The van der Waals surface area contributed by atoms with E-state index < -0.39 is 0 Å². The first-order valence-electron chi connectivity index (χ1n) is 6.25. The summed E-state index contributed by atoms with van der Waals surface area (Å²) in [6.07, 6.45) is 1.97. The summed E-state index contributed by atoms with van der Waals surface area (Å²) in [5.41, 5.74) is 2.70. The van der Waals surface area contributed by atoms with Crippen LogP contribution in [-0.4, -0.2) is 5.91 Å². The predicted molar refractivity (Wildman–Crippen MR) is 74.8 cm³/mol. The molecule has 18 heavy (non-hydrogen) atoms. The highest BCUT2D eigenvalue weighted by molar-refractivity contribution is 6.05. The zero-order valence-corrected chi connectivity index (χ0v) is 10.5. The van der Waals surface area contributed by atoms with Gasteiger partial charge in [-0.2, -0.15) is 0 Å². The van der Waals surface area contributed by atoms with Gasteiger partial charge in [0.25, 0.3) is 5.91 Å². The number of aryl methyl sites for hydroxylation is 1. The van der Waals surface area contributed by atoms with E-state index in [-0.39, 0.29) is 5.91 Å². The topological polar surface area (TPSA) is 29.1 Å². The van der Waals surface area contributed by atoms with Gasteiger partial charge < -0.3 is 5.32 Å². The first-order valence-corrected chi connectivity index (χ1v) is 6.25. The lowest BCUT2D eigenvalue weighted by atomic mass is 10.0. The molecule has 0 unspecified atom stereocenters. The van der Waals surface area contributed by atoms with Crippen molar-refractivity contribution in [2.75, 3.05) is 5.32 Å². The van der Waals surface area contributed by atoms with Crippen molar-refractivity contribution in [2.24, 2.45) is 0 Å². The fourth-order valence-electron chi connectivity index (χ4n) is 1.95. The number of hydrogen-bond donors (Lipinski definition) is 1. The minimum Gasteiger partial charge on any atom is -0.322 e. The number of carbonyl (C=O) groups is 1. The van der Waals surface area contributed by atoms with Gasteiger partial charge in [0.2, 0.25) is 0 Å². The van der Waals surface area contributed by atoms with Crippen molar-refractivity contribution in [3.05, 3.63) is 65.7 Å². The summed E-state index contributed by atoms with van der Waals surface area (Å²) >= 11 is 0. The third-order valence-corrected chi connectivity index (χ3v) is 2.81. The third-order valence-electron chi connectivity index (χ3n) is 2.81. The number of para-hydroxylation sites is 1. The molecule has 0 bridgehead atoms. The highest BCUT2D eigenvalue weighted by atomic mass is 16.1. The Hall–Kier alpha value is -2.09. The lowest BCUT2D eigenvalue weighted by Gasteiger charge is -2.09. The van der Waals surface area contributed by atoms with Crippen LogP contribution in [0, 0.1) is 0 Å². The van der Waals surface area contributed by atoms with Crippen molar-refractivity contribution in [3.8, 4) is 0 Å². The zero-order chi connectivity index (χ0) is 12.8. The summed E-state index contributed by atoms with van der Waals surface area (Å²) in [6.45, 7) is 2.12. The second kappa shape index (κ2) is 6.01. The monoisotopic (exact) mass is 239 g/mol. The Morgan fingerprint density at radius 2 is 1.67 bits per heavy atom. The van der Waals surface area contributed by atoms with Crippen molar-refractivity contribution >= 4 is 11.6 Å². The number of nitrogens with one attached hydrogen (secondary N) is 1. The smallest absolute Gasteiger partial charge is 0.255 e. The summed E-state index contributed by atoms with van der Waals surface area (Å²) < 4.78 is 0. The minimum absolute atomic E-state index is 0.0368. The van der Waals surface area contributed by atoms with Gasteiger partial charge in [0, 0.05) is 11.3 Å². The third kappa shape index (κ3) is 2.98. The van der Waals surface area contributed by atoms with Gasteiger partial charge in [-0.25, -0.2) is 0 Å². The van der Waals surface area contributed by atoms with E-state index >= 15 is 0 Å². The molecule has 1 amide bonds. The van der Waals surface area contributed by atoms with Gasteiger partial charge in [-0.15, -0.1) is 0 Å². The Morgan fingerprint density at radius 1 is 1.00 bits per heavy atom. The molecule has 0 spiro atoms. The van der Waals surface area contributed by atoms with E-state index in [2.05, 4.69) is 12.2 Å². The van der Waals surface area contributed by atoms with E-state index in [1.165, 1.54) is 0 Å². The van der Waals surface area contributed by atoms with Gasteiger partial charge in [-0.3, -0.25) is 4.79 Å². The first kappa shape index (κ1) is 12.4. The lowest BCUT2D eigenvalue weighted by molar-refractivity contribution is 0.102. The number of rotatable bonds is 4. The summed E-state index contributed by atoms with van der Waals surface area (Å²) in [5, 5.41) is 2.92. The largest absolute Gasteiger partial charge is 0.322 e. The van der Waals surface area contributed by atoms with Gasteiger partial charge in [0.1, 0.15) is 0 Å². The molecule has 2 heteroatoms. The molecule has 2 aromatic rings. The lowest BCUT2D eigenvalue weighted by Crippen LogP contribution is -2.14. The van der Waals surface area contributed by atoms with E-state index in [1.54, 1.807) is 0 Å². The van der Waals surface area contributed by atoms with Gasteiger partial charge in [0.05, 0.1) is 0 Å². The first-order chi connectivity index (χ1) is 8.81.